The summed E-state index contributed by atoms with van der Waals surface area (Å²) in [7, 11) is 0. The summed E-state index contributed by atoms with van der Waals surface area (Å²) in [6.07, 6.45) is 1.17. The van der Waals surface area contributed by atoms with Crippen molar-refractivity contribution in [3.05, 3.63) is 95.0 Å². The van der Waals surface area contributed by atoms with Crippen LogP contribution in [0.3, 0.4) is 0 Å². The first-order valence-corrected chi connectivity index (χ1v) is 11.6. The molecule has 0 aliphatic heterocycles. The number of amides is 3. The van der Waals surface area contributed by atoms with Crippen molar-refractivity contribution in [3.63, 3.8) is 0 Å². The van der Waals surface area contributed by atoms with Crippen molar-refractivity contribution in [2.45, 2.75) is 12.5 Å². The number of anilines is 2. The number of nitrogens with zero attached hydrogens (tertiary/aromatic N) is 4. The van der Waals surface area contributed by atoms with E-state index >= 15 is 0 Å². The summed E-state index contributed by atoms with van der Waals surface area (Å²) in [5, 5.41) is 26.4. The van der Waals surface area contributed by atoms with E-state index in [1.54, 1.807) is 30.3 Å². The van der Waals surface area contributed by atoms with Crippen LogP contribution in [0.4, 0.5) is 15.8 Å². The van der Waals surface area contributed by atoms with Crippen LogP contribution in [0.25, 0.3) is 5.69 Å². The summed E-state index contributed by atoms with van der Waals surface area (Å²) in [6.45, 7) is 0. The van der Waals surface area contributed by atoms with Crippen LogP contribution in [-0.4, -0.2) is 55.0 Å². The summed E-state index contributed by atoms with van der Waals surface area (Å²) >= 11 is 5.86. The van der Waals surface area contributed by atoms with Crippen molar-refractivity contribution < 1.29 is 28.7 Å². The molecule has 0 saturated carbocycles. The molecular weight excluding hydrogens is 533 g/mol. The van der Waals surface area contributed by atoms with E-state index in [9.17, 15) is 23.6 Å². The normalized spacial score (nSPS) is 11.3. The van der Waals surface area contributed by atoms with Crippen LogP contribution in [0.5, 0.6) is 0 Å². The summed E-state index contributed by atoms with van der Waals surface area (Å²) in [4.78, 5) is 49.8. The number of aromatic nitrogens is 4. The lowest BCUT2D eigenvalue weighted by Gasteiger charge is -2.19. The zero-order valence-corrected chi connectivity index (χ0v) is 20.6. The first-order chi connectivity index (χ1) is 18.7. The van der Waals surface area contributed by atoms with Gasteiger partial charge in [-0.15, -0.1) is 5.10 Å². The Morgan fingerprint density at radius 3 is 2.31 bits per heavy atom. The van der Waals surface area contributed by atoms with Gasteiger partial charge in [0.1, 0.15) is 18.1 Å². The van der Waals surface area contributed by atoms with Crippen LogP contribution in [-0.2, 0) is 20.8 Å². The third-order valence-electron chi connectivity index (χ3n) is 5.42. The summed E-state index contributed by atoms with van der Waals surface area (Å²) in [5.41, 5.74) is 0.535. The van der Waals surface area contributed by atoms with Crippen molar-refractivity contribution >= 4 is 46.7 Å². The standard InChI is InChI=1S/C25H19ClFN7O5/c26-17-10-11-19(34-13-28-32-33-34)21(20(17)27)31-24(37)23(36)30-18(12-14-4-2-1-3-5-14)22(35)29-16-8-6-15(7-9-16)25(38)39/h1-11,13,18H,12H2,(H,29,35)(H,30,36)(H,31,37)(H,38,39)/t18-/m0/s1. The summed E-state index contributed by atoms with van der Waals surface area (Å²) in [5.74, 6) is -5.33. The van der Waals surface area contributed by atoms with Gasteiger partial charge in [-0.3, -0.25) is 14.4 Å². The number of hydrogen-bond donors (Lipinski definition) is 4. The molecule has 1 atom stereocenters. The fourth-order valence-electron chi connectivity index (χ4n) is 3.50. The molecule has 198 valence electrons. The molecule has 39 heavy (non-hydrogen) atoms. The average molecular weight is 552 g/mol. The molecule has 0 fully saturated rings. The molecule has 4 N–H and O–H groups in total. The van der Waals surface area contributed by atoms with E-state index in [0.717, 1.165) is 11.0 Å². The number of nitrogens with one attached hydrogen (secondary N) is 3. The average Bonchev–Trinajstić information content (AvgIpc) is 3.46. The second kappa shape index (κ2) is 11.9. The number of carboxylic acids is 1. The highest BCUT2D eigenvalue weighted by Gasteiger charge is 2.27. The number of halogens is 2. The molecule has 12 nitrogen and oxygen atoms in total. The van der Waals surface area contributed by atoms with Crippen LogP contribution >= 0.6 is 11.6 Å². The van der Waals surface area contributed by atoms with Crippen LogP contribution in [0.15, 0.2) is 73.1 Å². The van der Waals surface area contributed by atoms with Crippen LogP contribution < -0.4 is 16.0 Å². The van der Waals surface area contributed by atoms with Gasteiger partial charge in [-0.25, -0.2) is 9.18 Å². The van der Waals surface area contributed by atoms with Crippen molar-refractivity contribution in [1.82, 2.24) is 25.5 Å². The second-order valence-corrected chi connectivity index (χ2v) is 8.46. The second-order valence-electron chi connectivity index (χ2n) is 8.05. The quantitative estimate of drug-likeness (QED) is 0.242. The number of carbonyl (C=O) groups is 4. The lowest BCUT2D eigenvalue weighted by atomic mass is 10.0. The molecule has 4 rings (SSSR count). The lowest BCUT2D eigenvalue weighted by molar-refractivity contribution is -0.137. The summed E-state index contributed by atoms with van der Waals surface area (Å²) < 4.78 is 15.9. The molecular formula is C25H19ClFN7O5. The molecule has 0 bridgehead atoms. The molecule has 0 unspecified atom stereocenters. The smallest absolute Gasteiger partial charge is 0.335 e. The molecule has 0 radical (unpaired) electrons. The largest absolute Gasteiger partial charge is 0.478 e. The monoisotopic (exact) mass is 551 g/mol. The van der Waals surface area contributed by atoms with Gasteiger partial charge in [0.25, 0.3) is 0 Å². The van der Waals surface area contributed by atoms with Gasteiger partial charge >= 0.3 is 17.8 Å². The minimum absolute atomic E-state index is 0.00596. The Balaban J connectivity index is 1.53. The van der Waals surface area contributed by atoms with E-state index in [1.807, 2.05) is 0 Å². The number of rotatable bonds is 8. The Labute approximate surface area is 224 Å². The Morgan fingerprint density at radius 2 is 1.67 bits per heavy atom. The molecule has 0 spiro atoms. The van der Waals surface area contributed by atoms with Gasteiger partial charge in [0, 0.05) is 12.1 Å². The molecule has 1 aromatic heterocycles. The fraction of sp³-hybridized carbons (Fsp3) is 0.0800. The highest BCUT2D eigenvalue weighted by Crippen LogP contribution is 2.29. The van der Waals surface area contributed by atoms with E-state index in [1.165, 1.54) is 36.4 Å². The van der Waals surface area contributed by atoms with Gasteiger partial charge in [-0.2, -0.15) is 4.68 Å². The maximum Gasteiger partial charge on any atom is 0.335 e. The number of benzene rings is 3. The number of carbonyl (C=O) groups excluding carboxylic acids is 3. The minimum atomic E-state index is -1.28. The van der Waals surface area contributed by atoms with E-state index < -0.39 is 41.2 Å². The third kappa shape index (κ3) is 6.59. The Hall–Kier alpha value is -5.17. The Bertz CT molecular complexity index is 1520. The van der Waals surface area contributed by atoms with Crippen molar-refractivity contribution in [2.24, 2.45) is 0 Å². The maximum absolute atomic E-state index is 14.8. The first kappa shape index (κ1) is 26.9. The van der Waals surface area contributed by atoms with Crippen LogP contribution in [0.1, 0.15) is 15.9 Å². The van der Waals surface area contributed by atoms with Crippen LogP contribution in [0.2, 0.25) is 5.02 Å². The molecule has 0 saturated heterocycles. The molecule has 0 aliphatic rings. The van der Waals surface area contributed by atoms with Gasteiger partial charge in [0.05, 0.1) is 16.3 Å². The maximum atomic E-state index is 14.8. The zero-order valence-electron chi connectivity index (χ0n) is 19.8. The van der Waals surface area contributed by atoms with Gasteiger partial charge in [-0.05, 0) is 52.4 Å². The SMILES string of the molecule is O=C(Nc1c(-n2cnnn2)ccc(Cl)c1F)C(=O)N[C@@H](Cc1ccccc1)C(=O)Nc1ccc(C(=O)O)cc1. The Morgan fingerprint density at radius 1 is 0.949 bits per heavy atom. The van der Waals surface area contributed by atoms with E-state index in [4.69, 9.17) is 16.7 Å². The van der Waals surface area contributed by atoms with Gasteiger partial charge < -0.3 is 21.1 Å². The van der Waals surface area contributed by atoms with Crippen molar-refractivity contribution in [1.29, 1.82) is 0 Å². The third-order valence-corrected chi connectivity index (χ3v) is 5.71. The first-order valence-electron chi connectivity index (χ1n) is 11.2. The number of carboxylic acid groups (broad SMARTS) is 1. The van der Waals surface area contributed by atoms with E-state index in [-0.39, 0.29) is 28.4 Å². The van der Waals surface area contributed by atoms with Crippen molar-refractivity contribution in [3.8, 4) is 5.69 Å². The fourth-order valence-corrected chi connectivity index (χ4v) is 3.66. The highest BCUT2D eigenvalue weighted by atomic mass is 35.5. The van der Waals surface area contributed by atoms with Gasteiger partial charge in [0.15, 0.2) is 5.82 Å². The molecule has 14 heteroatoms. The lowest BCUT2D eigenvalue weighted by Crippen LogP contribution is -2.49. The zero-order chi connectivity index (χ0) is 27.9. The van der Waals surface area contributed by atoms with Crippen LogP contribution in [0, 0.1) is 5.82 Å². The molecule has 3 aromatic carbocycles. The van der Waals surface area contributed by atoms with E-state index in [0.29, 0.717) is 5.56 Å². The minimum Gasteiger partial charge on any atom is -0.478 e. The predicted octanol–water partition coefficient (Wildman–Crippen LogP) is 2.46. The molecule has 1 heterocycles. The molecule has 0 aliphatic carbocycles. The summed E-state index contributed by atoms with van der Waals surface area (Å²) in [6, 6.07) is 15.4. The number of tetrazole rings is 1. The highest BCUT2D eigenvalue weighted by molar-refractivity contribution is 6.40. The van der Waals surface area contributed by atoms with Crippen molar-refractivity contribution in [2.75, 3.05) is 10.6 Å². The van der Waals surface area contributed by atoms with Gasteiger partial charge in [0.2, 0.25) is 5.91 Å². The number of aromatic carboxylic acids is 1. The predicted molar refractivity (Wildman–Crippen MR) is 137 cm³/mol. The Kier molecular flexibility index (Phi) is 8.21. The topological polar surface area (TPSA) is 168 Å². The number of hydrogen-bond acceptors (Lipinski definition) is 7. The van der Waals surface area contributed by atoms with Gasteiger partial charge in [-0.1, -0.05) is 41.9 Å². The molecule has 4 aromatic rings. The van der Waals surface area contributed by atoms with E-state index in [2.05, 4.69) is 31.5 Å². The molecule has 3 amide bonds.